The molecule has 0 aliphatic rings. The zero-order valence-corrected chi connectivity index (χ0v) is 12.3. The number of aromatic nitrogens is 2. The molecule has 5 heteroatoms. The number of fused-ring (bicyclic) bond motifs is 2. The first-order valence-corrected chi connectivity index (χ1v) is 7.61. The first kappa shape index (κ1) is 12.6. The number of aromatic hydroxyl groups is 1. The van der Waals surface area contributed by atoms with E-state index in [0.717, 1.165) is 16.5 Å². The Morgan fingerprint density at radius 2 is 1.86 bits per heavy atom. The van der Waals surface area contributed by atoms with E-state index in [1.807, 2.05) is 17.5 Å². The summed E-state index contributed by atoms with van der Waals surface area (Å²) in [5.41, 5.74) is 1.70. The lowest BCUT2D eigenvalue weighted by Gasteiger charge is -2.04. The van der Waals surface area contributed by atoms with Crippen LogP contribution in [0.15, 0.2) is 47.8 Å². The van der Waals surface area contributed by atoms with E-state index in [9.17, 15) is 5.11 Å². The summed E-state index contributed by atoms with van der Waals surface area (Å²) in [4.78, 5) is 8.95. The number of thiophene rings is 1. The van der Waals surface area contributed by atoms with Crippen LogP contribution in [0.25, 0.3) is 32.4 Å². The fraction of sp³-hybridized carbons (Fsp3) is 0. The van der Waals surface area contributed by atoms with E-state index in [2.05, 4.69) is 22.1 Å². The van der Waals surface area contributed by atoms with Crippen molar-refractivity contribution in [2.75, 3.05) is 0 Å². The second kappa shape index (κ2) is 4.69. The predicted molar refractivity (Wildman–Crippen MR) is 87.0 cm³/mol. The zero-order chi connectivity index (χ0) is 14.4. The van der Waals surface area contributed by atoms with E-state index in [-0.39, 0.29) is 5.75 Å². The Labute approximate surface area is 129 Å². The number of hydrogen-bond acceptors (Lipinski definition) is 4. The molecule has 0 saturated carbocycles. The number of benzene rings is 2. The van der Waals surface area contributed by atoms with Crippen molar-refractivity contribution in [2.45, 2.75) is 0 Å². The van der Waals surface area contributed by atoms with Gasteiger partial charge < -0.3 is 5.11 Å². The van der Waals surface area contributed by atoms with Crippen LogP contribution in [0.4, 0.5) is 0 Å². The molecule has 21 heavy (non-hydrogen) atoms. The third-order valence-electron chi connectivity index (χ3n) is 3.35. The first-order chi connectivity index (χ1) is 10.2. The van der Waals surface area contributed by atoms with Crippen molar-refractivity contribution < 1.29 is 5.11 Å². The highest BCUT2D eigenvalue weighted by atomic mass is 35.5. The van der Waals surface area contributed by atoms with Crippen LogP contribution in [0, 0.1) is 0 Å². The Bertz CT molecular complexity index is 981. The van der Waals surface area contributed by atoms with Crippen molar-refractivity contribution in [3.63, 3.8) is 0 Å². The third-order valence-corrected chi connectivity index (χ3v) is 4.61. The van der Waals surface area contributed by atoms with Crippen LogP contribution < -0.4 is 0 Å². The second-order valence-electron chi connectivity index (χ2n) is 4.69. The minimum Gasteiger partial charge on any atom is -0.508 e. The second-order valence-corrected chi connectivity index (χ2v) is 5.95. The zero-order valence-electron chi connectivity index (χ0n) is 10.7. The van der Waals surface area contributed by atoms with Crippen LogP contribution in [0.1, 0.15) is 0 Å². The Balaban J connectivity index is 2.00. The molecule has 0 unspecified atom stereocenters. The van der Waals surface area contributed by atoms with E-state index in [1.165, 1.54) is 4.70 Å². The summed E-state index contributed by atoms with van der Waals surface area (Å²) >= 11 is 7.90. The molecule has 2 aromatic carbocycles. The van der Waals surface area contributed by atoms with E-state index in [0.29, 0.717) is 16.4 Å². The lowest BCUT2D eigenvalue weighted by Crippen LogP contribution is -1.91. The van der Waals surface area contributed by atoms with Gasteiger partial charge in [0.15, 0.2) is 5.82 Å². The van der Waals surface area contributed by atoms with Crippen LogP contribution in [-0.2, 0) is 0 Å². The standard InChI is InChI=1S/C16H9ClN2OS/c17-15-11-7-9(20)5-6-13(11)18-16(19-15)12-8-21-14-4-2-1-3-10(12)14/h1-8,20H. The van der Waals surface area contributed by atoms with E-state index < -0.39 is 0 Å². The maximum Gasteiger partial charge on any atom is 0.162 e. The van der Waals surface area contributed by atoms with Crippen molar-refractivity contribution in [1.82, 2.24) is 9.97 Å². The fourth-order valence-electron chi connectivity index (χ4n) is 2.35. The van der Waals surface area contributed by atoms with E-state index >= 15 is 0 Å². The van der Waals surface area contributed by atoms with Crippen LogP contribution >= 0.6 is 22.9 Å². The van der Waals surface area contributed by atoms with Gasteiger partial charge in [0.2, 0.25) is 0 Å². The summed E-state index contributed by atoms with van der Waals surface area (Å²) in [6, 6.07) is 13.1. The van der Waals surface area contributed by atoms with Gasteiger partial charge in [-0.05, 0) is 24.3 Å². The molecule has 102 valence electrons. The average molecular weight is 313 g/mol. The molecule has 4 aromatic rings. The Kier molecular flexibility index (Phi) is 2.80. The molecule has 0 radical (unpaired) electrons. The fourth-order valence-corrected chi connectivity index (χ4v) is 3.52. The van der Waals surface area contributed by atoms with Gasteiger partial charge in [0.25, 0.3) is 0 Å². The minimum atomic E-state index is 0.154. The summed E-state index contributed by atoms with van der Waals surface area (Å²) in [6.45, 7) is 0. The van der Waals surface area contributed by atoms with Gasteiger partial charge in [-0.25, -0.2) is 9.97 Å². The maximum absolute atomic E-state index is 9.54. The normalized spacial score (nSPS) is 11.3. The smallest absolute Gasteiger partial charge is 0.162 e. The van der Waals surface area contributed by atoms with Gasteiger partial charge in [0.05, 0.1) is 5.52 Å². The quantitative estimate of drug-likeness (QED) is 0.510. The molecule has 0 atom stereocenters. The van der Waals surface area contributed by atoms with Crippen LogP contribution in [0.2, 0.25) is 5.15 Å². The number of halogens is 1. The topological polar surface area (TPSA) is 46.0 Å². The van der Waals surface area contributed by atoms with Crippen LogP contribution in [0.3, 0.4) is 0 Å². The largest absolute Gasteiger partial charge is 0.508 e. The molecule has 0 fully saturated rings. The van der Waals surface area contributed by atoms with Gasteiger partial charge in [-0.15, -0.1) is 11.3 Å². The molecule has 4 rings (SSSR count). The molecule has 2 aromatic heterocycles. The monoisotopic (exact) mass is 312 g/mol. The summed E-state index contributed by atoms with van der Waals surface area (Å²) in [7, 11) is 0. The first-order valence-electron chi connectivity index (χ1n) is 6.35. The van der Waals surface area contributed by atoms with Crippen molar-refractivity contribution in [2.24, 2.45) is 0 Å². The summed E-state index contributed by atoms with van der Waals surface area (Å²) < 4.78 is 1.19. The molecule has 1 N–H and O–H groups in total. The number of phenols is 1. The van der Waals surface area contributed by atoms with Crippen molar-refractivity contribution in [3.8, 4) is 17.1 Å². The molecule has 3 nitrogen and oxygen atoms in total. The highest BCUT2D eigenvalue weighted by Gasteiger charge is 2.12. The summed E-state index contributed by atoms with van der Waals surface area (Å²) in [5.74, 6) is 0.761. The van der Waals surface area contributed by atoms with Gasteiger partial charge in [0, 0.05) is 26.4 Å². The lowest BCUT2D eigenvalue weighted by molar-refractivity contribution is 0.476. The van der Waals surface area contributed by atoms with Crippen molar-refractivity contribution >= 4 is 43.9 Å². The van der Waals surface area contributed by atoms with Crippen LogP contribution in [0.5, 0.6) is 5.75 Å². The molecule has 0 aliphatic heterocycles. The molecular formula is C16H9ClN2OS. The molecule has 0 spiro atoms. The summed E-state index contributed by atoms with van der Waals surface area (Å²) in [5, 5.41) is 13.7. The SMILES string of the molecule is Oc1ccc2nc(-c3csc4ccccc34)nc(Cl)c2c1. The van der Waals surface area contributed by atoms with E-state index in [1.54, 1.807) is 29.5 Å². The lowest BCUT2D eigenvalue weighted by atomic mass is 10.1. The Morgan fingerprint density at radius 3 is 2.76 bits per heavy atom. The molecular weight excluding hydrogens is 304 g/mol. The highest BCUT2D eigenvalue weighted by Crippen LogP contribution is 2.34. The predicted octanol–water partition coefficient (Wildman–Crippen LogP) is 4.87. The van der Waals surface area contributed by atoms with Crippen molar-refractivity contribution in [3.05, 3.63) is 53.0 Å². The van der Waals surface area contributed by atoms with Gasteiger partial charge >= 0.3 is 0 Å². The van der Waals surface area contributed by atoms with Crippen LogP contribution in [-0.4, -0.2) is 15.1 Å². The molecule has 0 saturated heterocycles. The number of phenolic OH excluding ortho intramolecular Hbond substituents is 1. The van der Waals surface area contributed by atoms with Gasteiger partial charge in [0.1, 0.15) is 10.9 Å². The molecule has 0 bridgehead atoms. The van der Waals surface area contributed by atoms with E-state index in [4.69, 9.17) is 11.6 Å². The maximum atomic E-state index is 9.54. The van der Waals surface area contributed by atoms with Gasteiger partial charge in [-0.3, -0.25) is 0 Å². The van der Waals surface area contributed by atoms with Crippen molar-refractivity contribution in [1.29, 1.82) is 0 Å². The molecule has 0 aliphatic carbocycles. The van der Waals surface area contributed by atoms with Gasteiger partial charge in [-0.1, -0.05) is 29.8 Å². The average Bonchev–Trinajstić information content (AvgIpc) is 2.92. The van der Waals surface area contributed by atoms with Gasteiger partial charge in [-0.2, -0.15) is 0 Å². The number of nitrogens with zero attached hydrogens (tertiary/aromatic N) is 2. The minimum absolute atomic E-state index is 0.154. The number of hydrogen-bond donors (Lipinski definition) is 1. The highest BCUT2D eigenvalue weighted by molar-refractivity contribution is 7.17. The molecule has 2 heterocycles. The Morgan fingerprint density at radius 1 is 1.00 bits per heavy atom. The molecule has 0 amide bonds. The third kappa shape index (κ3) is 2.04. The number of rotatable bonds is 1. The summed E-state index contributed by atoms with van der Waals surface area (Å²) in [6.07, 6.45) is 0. The Hall–Kier alpha value is -2.17.